The van der Waals surface area contributed by atoms with Crippen molar-refractivity contribution in [2.24, 2.45) is 12.0 Å². The number of hydrogen-bond acceptors (Lipinski definition) is 3. The number of thiazole rings is 1. The Bertz CT molecular complexity index is 754. The number of rotatable bonds is 7. The molecule has 0 spiro atoms. The topological polar surface area (TPSA) is 46.4 Å². The van der Waals surface area contributed by atoms with Gasteiger partial charge in [-0.25, -0.2) is 0 Å². The van der Waals surface area contributed by atoms with Crippen molar-refractivity contribution in [3.63, 3.8) is 0 Å². The van der Waals surface area contributed by atoms with Crippen molar-refractivity contribution in [2.75, 3.05) is 5.32 Å². The maximum Gasteiger partial charge on any atom is 0.230 e. The van der Waals surface area contributed by atoms with Gasteiger partial charge < -0.3 is 9.88 Å². The van der Waals surface area contributed by atoms with E-state index >= 15 is 0 Å². The summed E-state index contributed by atoms with van der Waals surface area (Å²) in [5.41, 5.74) is 3.20. The van der Waals surface area contributed by atoms with Gasteiger partial charge in [0, 0.05) is 23.8 Å². The van der Waals surface area contributed by atoms with Crippen molar-refractivity contribution < 1.29 is 4.79 Å². The van der Waals surface area contributed by atoms with Crippen LogP contribution in [-0.4, -0.2) is 16.5 Å². The van der Waals surface area contributed by atoms with Crippen LogP contribution in [0.2, 0.25) is 0 Å². The molecule has 0 bridgehead atoms. The van der Waals surface area contributed by atoms with Crippen LogP contribution in [0.3, 0.4) is 0 Å². The minimum atomic E-state index is 0.0164. The summed E-state index contributed by atoms with van der Waals surface area (Å²) in [7, 11) is 1.99. The first-order valence-electron chi connectivity index (χ1n) is 8.71. The van der Waals surface area contributed by atoms with Gasteiger partial charge >= 0.3 is 0 Å². The van der Waals surface area contributed by atoms with Gasteiger partial charge in [0.25, 0.3) is 0 Å². The van der Waals surface area contributed by atoms with Crippen molar-refractivity contribution in [3.05, 3.63) is 45.7 Å². The molecule has 1 N–H and O–H groups in total. The lowest BCUT2D eigenvalue weighted by Gasteiger charge is -2.07. The number of anilines is 1. The summed E-state index contributed by atoms with van der Waals surface area (Å²) in [6.07, 6.45) is 6.28. The molecule has 4 nitrogen and oxygen atoms in total. The third-order valence-corrected chi connectivity index (χ3v) is 5.24. The van der Waals surface area contributed by atoms with Crippen molar-refractivity contribution in [3.8, 4) is 0 Å². The number of unbranched alkanes of at least 4 members (excludes halogenated alkanes) is 1. The standard InChI is InChI=1S/C19H25N3OS/c1-3-4-5-14-6-8-15(9-7-14)20-18(23)12-17-13-24-19(22(17)2)21-16-10-11-16/h6-9,13,16H,3-5,10-12H2,1-2H3,(H,20,23). The van der Waals surface area contributed by atoms with Gasteiger partial charge in [0.05, 0.1) is 12.5 Å². The van der Waals surface area contributed by atoms with Gasteiger partial charge in [-0.05, 0) is 43.4 Å². The highest BCUT2D eigenvalue weighted by Crippen LogP contribution is 2.22. The number of carbonyl (C=O) groups excluding carboxylic acids is 1. The first-order chi connectivity index (χ1) is 11.7. The summed E-state index contributed by atoms with van der Waals surface area (Å²) in [5, 5.41) is 5.02. The van der Waals surface area contributed by atoms with E-state index in [1.165, 1.54) is 31.2 Å². The molecule has 2 aromatic rings. The number of hydrogen-bond donors (Lipinski definition) is 1. The van der Waals surface area contributed by atoms with Crippen LogP contribution < -0.4 is 10.1 Å². The second kappa shape index (κ2) is 7.79. The Labute approximate surface area is 147 Å². The van der Waals surface area contributed by atoms with Gasteiger partial charge in [-0.3, -0.25) is 9.79 Å². The van der Waals surface area contributed by atoms with Crippen molar-refractivity contribution in [1.82, 2.24) is 4.57 Å². The average molecular weight is 343 g/mol. The second-order valence-electron chi connectivity index (χ2n) is 6.45. The lowest BCUT2D eigenvalue weighted by molar-refractivity contribution is -0.115. The minimum absolute atomic E-state index is 0.0164. The summed E-state index contributed by atoms with van der Waals surface area (Å²) >= 11 is 1.62. The summed E-state index contributed by atoms with van der Waals surface area (Å²) in [6, 6.07) is 8.68. The summed E-state index contributed by atoms with van der Waals surface area (Å²) in [6.45, 7) is 2.20. The Balaban J connectivity index is 1.58. The first kappa shape index (κ1) is 17.0. The lowest BCUT2D eigenvalue weighted by Crippen LogP contribution is -2.20. The molecule has 0 aliphatic heterocycles. The summed E-state index contributed by atoms with van der Waals surface area (Å²) in [4.78, 5) is 18.0. The fraction of sp³-hybridized carbons (Fsp3) is 0.474. The molecule has 1 amide bonds. The van der Waals surface area contributed by atoms with Crippen molar-refractivity contribution in [2.45, 2.75) is 51.5 Å². The van der Waals surface area contributed by atoms with E-state index in [0.29, 0.717) is 12.5 Å². The highest BCUT2D eigenvalue weighted by atomic mass is 32.1. The summed E-state index contributed by atoms with van der Waals surface area (Å²) < 4.78 is 2.04. The number of nitrogens with one attached hydrogen (secondary N) is 1. The maximum absolute atomic E-state index is 12.3. The number of carbonyl (C=O) groups is 1. The van der Waals surface area contributed by atoms with E-state index in [0.717, 1.165) is 22.6 Å². The molecule has 0 atom stereocenters. The van der Waals surface area contributed by atoms with Crippen LogP contribution in [0.25, 0.3) is 0 Å². The number of nitrogens with zero attached hydrogens (tertiary/aromatic N) is 2. The van der Waals surface area contributed by atoms with E-state index in [9.17, 15) is 4.79 Å². The first-order valence-corrected chi connectivity index (χ1v) is 9.59. The Morgan fingerprint density at radius 1 is 1.33 bits per heavy atom. The molecule has 0 unspecified atom stereocenters. The van der Waals surface area contributed by atoms with Crippen molar-refractivity contribution >= 4 is 22.9 Å². The zero-order chi connectivity index (χ0) is 16.9. The van der Waals surface area contributed by atoms with Crippen LogP contribution in [0, 0.1) is 0 Å². The van der Waals surface area contributed by atoms with Gasteiger partial charge in [0.2, 0.25) is 5.91 Å². The Kier molecular flexibility index (Phi) is 5.51. The van der Waals surface area contributed by atoms with Crippen LogP contribution >= 0.6 is 11.3 Å². The van der Waals surface area contributed by atoms with Crippen LogP contribution in [0.1, 0.15) is 43.9 Å². The largest absolute Gasteiger partial charge is 0.326 e. The molecular weight excluding hydrogens is 318 g/mol. The number of benzene rings is 1. The molecule has 0 saturated heterocycles. The molecular formula is C19H25N3OS. The number of aromatic nitrogens is 1. The molecule has 24 heavy (non-hydrogen) atoms. The predicted octanol–water partition coefficient (Wildman–Crippen LogP) is 3.67. The van der Waals surface area contributed by atoms with Crippen LogP contribution in [0.15, 0.2) is 34.6 Å². The molecule has 128 valence electrons. The molecule has 1 aliphatic rings. The third kappa shape index (κ3) is 4.57. The Hall–Kier alpha value is -1.88. The van der Waals surface area contributed by atoms with Gasteiger partial charge in [0.15, 0.2) is 4.80 Å². The minimum Gasteiger partial charge on any atom is -0.326 e. The van der Waals surface area contributed by atoms with Gasteiger partial charge in [0.1, 0.15) is 0 Å². The highest BCUT2D eigenvalue weighted by Gasteiger charge is 2.20. The van der Waals surface area contributed by atoms with Crippen LogP contribution in [0.5, 0.6) is 0 Å². The number of amides is 1. The van der Waals surface area contributed by atoms with Crippen LogP contribution in [0.4, 0.5) is 5.69 Å². The molecule has 0 radical (unpaired) electrons. The Morgan fingerprint density at radius 2 is 2.08 bits per heavy atom. The SMILES string of the molecule is CCCCc1ccc(NC(=O)Cc2csc(=NC3CC3)n2C)cc1. The fourth-order valence-electron chi connectivity index (χ4n) is 2.54. The van der Waals surface area contributed by atoms with Gasteiger partial charge in [-0.1, -0.05) is 25.5 Å². The molecule has 1 fully saturated rings. The quantitative estimate of drug-likeness (QED) is 0.819. The van der Waals surface area contributed by atoms with Crippen molar-refractivity contribution in [1.29, 1.82) is 0 Å². The molecule has 1 saturated carbocycles. The second-order valence-corrected chi connectivity index (χ2v) is 7.29. The molecule has 1 aromatic carbocycles. The van der Waals surface area contributed by atoms with E-state index in [2.05, 4.69) is 29.4 Å². The monoisotopic (exact) mass is 343 g/mol. The van der Waals surface area contributed by atoms with E-state index in [1.54, 1.807) is 11.3 Å². The molecule has 1 aromatic heterocycles. The maximum atomic E-state index is 12.3. The average Bonchev–Trinajstić information content (AvgIpc) is 3.34. The van der Waals surface area contributed by atoms with E-state index in [4.69, 9.17) is 0 Å². The van der Waals surface area contributed by atoms with E-state index in [-0.39, 0.29) is 5.91 Å². The third-order valence-electron chi connectivity index (χ3n) is 4.26. The Morgan fingerprint density at radius 3 is 2.75 bits per heavy atom. The lowest BCUT2D eigenvalue weighted by atomic mass is 10.1. The number of aryl methyl sites for hydroxylation is 1. The van der Waals surface area contributed by atoms with E-state index < -0.39 is 0 Å². The van der Waals surface area contributed by atoms with Gasteiger partial charge in [-0.15, -0.1) is 11.3 Å². The van der Waals surface area contributed by atoms with E-state index in [1.807, 2.05) is 29.1 Å². The molecule has 1 aliphatic carbocycles. The highest BCUT2D eigenvalue weighted by molar-refractivity contribution is 7.07. The zero-order valence-electron chi connectivity index (χ0n) is 14.4. The summed E-state index contributed by atoms with van der Waals surface area (Å²) in [5.74, 6) is 0.0164. The zero-order valence-corrected chi connectivity index (χ0v) is 15.2. The molecule has 3 rings (SSSR count). The molecule has 1 heterocycles. The normalized spacial score (nSPS) is 14.8. The molecule has 5 heteroatoms. The fourth-order valence-corrected chi connectivity index (χ4v) is 3.51. The predicted molar refractivity (Wildman–Crippen MR) is 99.3 cm³/mol. The smallest absolute Gasteiger partial charge is 0.230 e. The van der Waals surface area contributed by atoms with Gasteiger partial charge in [-0.2, -0.15) is 0 Å². The van der Waals surface area contributed by atoms with Crippen LogP contribution in [-0.2, 0) is 24.7 Å².